The summed E-state index contributed by atoms with van der Waals surface area (Å²) in [5.74, 6) is 0. The number of rotatable bonds is 1. The van der Waals surface area contributed by atoms with E-state index in [1.807, 2.05) is 37.3 Å². The number of aryl methyl sites for hydroxylation is 1. The summed E-state index contributed by atoms with van der Waals surface area (Å²) in [6.07, 6.45) is -0.371. The van der Waals surface area contributed by atoms with Crippen LogP contribution in [0.3, 0.4) is 0 Å². The molecule has 3 nitrogen and oxygen atoms in total. The number of fused-ring (bicyclic) bond motifs is 3. The maximum absolute atomic E-state index is 6.35. The molecule has 4 rings (SSSR count). The second-order valence-corrected chi connectivity index (χ2v) is 6.51. The molecule has 1 aromatic heterocycles. The predicted octanol–water partition coefficient (Wildman–Crippen LogP) is 3.93. The van der Waals surface area contributed by atoms with Crippen molar-refractivity contribution in [2.75, 3.05) is 0 Å². The van der Waals surface area contributed by atoms with E-state index in [1.54, 1.807) is 11.3 Å². The number of hydrogen-bond donors (Lipinski definition) is 1. The van der Waals surface area contributed by atoms with Crippen LogP contribution in [0.1, 0.15) is 27.2 Å². The fourth-order valence-corrected chi connectivity index (χ4v) is 3.71. The van der Waals surface area contributed by atoms with Crippen LogP contribution >= 0.6 is 11.3 Å². The average Bonchev–Trinajstić information content (AvgIpc) is 2.90. The molecule has 0 aliphatic carbocycles. The van der Waals surface area contributed by atoms with E-state index in [2.05, 4.69) is 24.3 Å². The number of thiazole rings is 1. The van der Waals surface area contributed by atoms with Gasteiger partial charge in [0.2, 0.25) is 0 Å². The van der Waals surface area contributed by atoms with Gasteiger partial charge >= 0.3 is 0 Å². The van der Waals surface area contributed by atoms with Crippen molar-refractivity contribution in [2.24, 2.45) is 10.7 Å². The van der Waals surface area contributed by atoms with E-state index in [9.17, 15) is 0 Å². The van der Waals surface area contributed by atoms with Gasteiger partial charge in [-0.15, -0.1) is 11.3 Å². The maximum atomic E-state index is 6.35. The molecule has 1 aliphatic heterocycles. The summed E-state index contributed by atoms with van der Waals surface area (Å²) in [4.78, 5) is 10.5. The lowest BCUT2D eigenvalue weighted by atomic mass is 9.96. The normalized spacial score (nSPS) is 16.5. The van der Waals surface area contributed by atoms with Gasteiger partial charge in [0, 0.05) is 16.7 Å². The molecule has 3 aromatic rings. The minimum absolute atomic E-state index is 0.371. The third-order valence-corrected chi connectivity index (χ3v) is 4.82. The zero-order valence-corrected chi connectivity index (χ0v) is 13.0. The van der Waals surface area contributed by atoms with Gasteiger partial charge in [-0.3, -0.25) is 4.99 Å². The first-order valence-electron chi connectivity index (χ1n) is 7.20. The van der Waals surface area contributed by atoms with E-state index in [0.29, 0.717) is 0 Å². The largest absolute Gasteiger partial charge is 0.305 e. The smallest absolute Gasteiger partial charge is 0.135 e. The molecule has 2 N–H and O–H groups in total. The molecule has 0 amide bonds. The summed E-state index contributed by atoms with van der Waals surface area (Å²) in [6, 6.07) is 18.5. The van der Waals surface area contributed by atoms with E-state index in [0.717, 1.165) is 38.0 Å². The van der Waals surface area contributed by atoms with Gasteiger partial charge < -0.3 is 5.73 Å². The first-order chi connectivity index (χ1) is 10.7. The van der Waals surface area contributed by atoms with Crippen LogP contribution in [0.2, 0.25) is 0 Å². The number of aliphatic imine (C=N–C) groups is 1. The topological polar surface area (TPSA) is 51.3 Å². The van der Waals surface area contributed by atoms with Crippen LogP contribution < -0.4 is 5.73 Å². The van der Waals surface area contributed by atoms with Crippen LogP contribution in [-0.4, -0.2) is 10.7 Å². The second kappa shape index (κ2) is 5.16. The molecule has 1 unspecified atom stereocenters. The molecule has 1 aliphatic rings. The average molecular weight is 305 g/mol. The quantitative estimate of drug-likeness (QED) is 0.740. The summed E-state index contributed by atoms with van der Waals surface area (Å²) >= 11 is 1.63. The summed E-state index contributed by atoms with van der Waals surface area (Å²) < 4.78 is 0. The molecule has 108 valence electrons. The molecule has 0 saturated carbocycles. The van der Waals surface area contributed by atoms with Gasteiger partial charge in [0.15, 0.2) is 0 Å². The van der Waals surface area contributed by atoms with E-state index < -0.39 is 0 Å². The monoisotopic (exact) mass is 305 g/mol. The molecular weight excluding hydrogens is 290 g/mol. The van der Waals surface area contributed by atoms with E-state index in [1.165, 1.54) is 0 Å². The van der Waals surface area contributed by atoms with Crippen LogP contribution in [0.15, 0.2) is 59.6 Å². The van der Waals surface area contributed by atoms with Crippen molar-refractivity contribution >= 4 is 17.0 Å². The number of aromatic nitrogens is 1. The Bertz CT molecular complexity index is 865. The van der Waals surface area contributed by atoms with E-state index >= 15 is 0 Å². The maximum Gasteiger partial charge on any atom is 0.135 e. The highest BCUT2D eigenvalue weighted by atomic mass is 32.1. The molecule has 0 bridgehead atoms. The highest BCUT2D eigenvalue weighted by molar-refractivity contribution is 7.12. The fourth-order valence-electron chi connectivity index (χ4n) is 2.83. The highest BCUT2D eigenvalue weighted by Crippen LogP contribution is 2.38. The first-order valence-corrected chi connectivity index (χ1v) is 8.01. The Kier molecular flexibility index (Phi) is 3.13. The molecule has 22 heavy (non-hydrogen) atoms. The van der Waals surface area contributed by atoms with Crippen molar-refractivity contribution in [1.29, 1.82) is 0 Å². The zero-order chi connectivity index (χ0) is 15.1. The van der Waals surface area contributed by atoms with Crippen LogP contribution in [0.4, 0.5) is 0 Å². The Morgan fingerprint density at radius 2 is 1.64 bits per heavy atom. The van der Waals surface area contributed by atoms with Crippen molar-refractivity contribution in [3.63, 3.8) is 0 Å². The molecule has 2 aromatic carbocycles. The summed E-state index contributed by atoms with van der Waals surface area (Å²) in [5.41, 5.74) is 11.5. The van der Waals surface area contributed by atoms with Gasteiger partial charge in [-0.2, -0.15) is 0 Å². The Morgan fingerprint density at radius 3 is 2.41 bits per heavy atom. The molecule has 2 heterocycles. The number of nitrogens with two attached hydrogens (primary N) is 1. The van der Waals surface area contributed by atoms with Gasteiger partial charge in [0.05, 0.1) is 21.3 Å². The second-order valence-electron chi connectivity index (χ2n) is 5.28. The van der Waals surface area contributed by atoms with Gasteiger partial charge in [0.25, 0.3) is 0 Å². The molecule has 4 heteroatoms. The third-order valence-electron chi connectivity index (χ3n) is 3.78. The Labute approximate surface area is 133 Å². The van der Waals surface area contributed by atoms with Gasteiger partial charge in [-0.05, 0) is 6.92 Å². The highest BCUT2D eigenvalue weighted by Gasteiger charge is 2.25. The minimum Gasteiger partial charge on any atom is -0.305 e. The lowest BCUT2D eigenvalue weighted by Crippen LogP contribution is -2.10. The lowest BCUT2D eigenvalue weighted by Gasteiger charge is -2.10. The van der Waals surface area contributed by atoms with Crippen molar-refractivity contribution in [3.05, 3.63) is 75.6 Å². The molecule has 0 spiro atoms. The SMILES string of the molecule is Cc1nc2c(s1)C(N)N=C(c1ccccc1)c1ccccc1-2. The van der Waals surface area contributed by atoms with Gasteiger partial charge in [-0.1, -0.05) is 54.6 Å². The lowest BCUT2D eigenvalue weighted by molar-refractivity contribution is 0.797. The summed E-state index contributed by atoms with van der Waals surface area (Å²) in [7, 11) is 0. The molecule has 1 atom stereocenters. The van der Waals surface area contributed by atoms with Crippen molar-refractivity contribution in [3.8, 4) is 11.3 Å². The third kappa shape index (κ3) is 2.08. The fraction of sp³-hybridized carbons (Fsp3) is 0.111. The van der Waals surface area contributed by atoms with Gasteiger partial charge in [-0.25, -0.2) is 4.98 Å². The van der Waals surface area contributed by atoms with Crippen molar-refractivity contribution in [1.82, 2.24) is 4.98 Å². The molecule has 0 fully saturated rings. The van der Waals surface area contributed by atoms with Crippen LogP contribution in [0.25, 0.3) is 11.3 Å². The van der Waals surface area contributed by atoms with E-state index in [4.69, 9.17) is 15.7 Å². The van der Waals surface area contributed by atoms with Crippen LogP contribution in [0.5, 0.6) is 0 Å². The number of hydrogen-bond acceptors (Lipinski definition) is 4. The summed E-state index contributed by atoms with van der Waals surface area (Å²) in [6.45, 7) is 2.01. The van der Waals surface area contributed by atoms with E-state index in [-0.39, 0.29) is 6.17 Å². The zero-order valence-electron chi connectivity index (χ0n) is 12.2. The molecule has 0 radical (unpaired) electrons. The number of benzene rings is 2. The van der Waals surface area contributed by atoms with Crippen molar-refractivity contribution in [2.45, 2.75) is 13.1 Å². The standard InChI is InChI=1S/C18H15N3S/c1-11-20-16-14-10-6-5-9-13(14)15(12-7-3-2-4-8-12)21-18(19)17(16)22-11/h2-10,18H,19H2,1H3. The van der Waals surface area contributed by atoms with Crippen LogP contribution in [-0.2, 0) is 0 Å². The summed E-state index contributed by atoms with van der Waals surface area (Å²) in [5, 5.41) is 1.02. The number of nitrogens with zero attached hydrogens (tertiary/aromatic N) is 2. The Hall–Kier alpha value is -2.30. The molecule has 0 saturated heterocycles. The minimum atomic E-state index is -0.371. The Morgan fingerprint density at radius 1 is 0.955 bits per heavy atom. The first kappa shape index (κ1) is 13.4. The predicted molar refractivity (Wildman–Crippen MR) is 91.3 cm³/mol. The molecular formula is C18H15N3S. The Balaban J connectivity index is 2.02. The van der Waals surface area contributed by atoms with Gasteiger partial charge in [0.1, 0.15) is 6.17 Å². The van der Waals surface area contributed by atoms with Crippen molar-refractivity contribution < 1.29 is 0 Å². The van der Waals surface area contributed by atoms with Crippen LogP contribution in [0, 0.1) is 6.92 Å².